The van der Waals surface area contributed by atoms with Gasteiger partial charge < -0.3 is 15.1 Å². The fourth-order valence-electron chi connectivity index (χ4n) is 3.39. The van der Waals surface area contributed by atoms with Crippen molar-refractivity contribution < 1.29 is 24.0 Å². The number of imide groups is 1. The molecule has 1 N–H and O–H groups in total. The molecule has 1 aliphatic rings. The van der Waals surface area contributed by atoms with Crippen molar-refractivity contribution in [2.75, 3.05) is 47.0 Å². The zero-order valence-electron chi connectivity index (χ0n) is 21.8. The summed E-state index contributed by atoms with van der Waals surface area (Å²) in [4.78, 5) is 66.3. The van der Waals surface area contributed by atoms with Gasteiger partial charge >= 0.3 is 0 Å². The Morgan fingerprint density at radius 1 is 1.12 bits per heavy atom. The van der Waals surface area contributed by atoms with Gasteiger partial charge in [0.1, 0.15) is 11.8 Å². The van der Waals surface area contributed by atoms with Crippen molar-refractivity contribution in [3.05, 3.63) is 0 Å². The molecule has 2 unspecified atom stereocenters. The minimum Gasteiger partial charge on any atom is -0.353 e. The molecule has 10 heteroatoms. The number of amides is 4. The molecule has 0 aromatic heterocycles. The highest BCUT2D eigenvalue weighted by molar-refractivity contribution is 8.00. The number of nitrogens with zero attached hydrogens (tertiary/aromatic N) is 3. The van der Waals surface area contributed by atoms with Gasteiger partial charge in [0.05, 0.1) is 5.25 Å². The standard InChI is InChI=1S/C24H42N4O5S/c1-24(2,3)19(29)15-17(22(32)25-12-13-26(4)5)27(6)20(30)11-9-8-10-14-34-18-16-21(31)28(7)23(18)33/h17-18H,8-16H2,1-7H3,(H,25,32). The van der Waals surface area contributed by atoms with Crippen LogP contribution >= 0.6 is 11.8 Å². The number of likely N-dealkylation sites (N-methyl/N-ethyl adjacent to an activating group) is 2. The van der Waals surface area contributed by atoms with Gasteiger partial charge in [-0.15, -0.1) is 11.8 Å². The minimum absolute atomic E-state index is 0.0151. The largest absolute Gasteiger partial charge is 0.353 e. The maximum Gasteiger partial charge on any atom is 0.243 e. The third kappa shape index (κ3) is 9.74. The lowest BCUT2D eigenvalue weighted by molar-refractivity contribution is -0.142. The van der Waals surface area contributed by atoms with Gasteiger partial charge in [0, 0.05) is 51.9 Å². The summed E-state index contributed by atoms with van der Waals surface area (Å²) in [6, 6.07) is -0.833. The van der Waals surface area contributed by atoms with Gasteiger partial charge in [-0.05, 0) is 32.7 Å². The zero-order chi connectivity index (χ0) is 26.1. The highest BCUT2D eigenvalue weighted by Crippen LogP contribution is 2.25. The highest BCUT2D eigenvalue weighted by atomic mass is 32.2. The molecule has 0 aliphatic carbocycles. The summed E-state index contributed by atoms with van der Waals surface area (Å²) in [5.74, 6) is -0.0680. The van der Waals surface area contributed by atoms with Crippen LogP contribution in [0.2, 0.25) is 0 Å². The second-order valence-corrected chi connectivity index (χ2v) is 11.5. The maximum atomic E-state index is 12.8. The number of hydrogen-bond acceptors (Lipinski definition) is 7. The Labute approximate surface area is 208 Å². The van der Waals surface area contributed by atoms with Crippen LogP contribution < -0.4 is 5.32 Å². The average molecular weight is 499 g/mol. The molecule has 0 aromatic rings. The summed E-state index contributed by atoms with van der Waals surface area (Å²) in [6.45, 7) is 6.53. The Morgan fingerprint density at radius 3 is 2.29 bits per heavy atom. The van der Waals surface area contributed by atoms with Crippen molar-refractivity contribution in [3.63, 3.8) is 0 Å². The van der Waals surface area contributed by atoms with E-state index >= 15 is 0 Å². The van der Waals surface area contributed by atoms with E-state index in [1.807, 2.05) is 39.8 Å². The van der Waals surface area contributed by atoms with Crippen molar-refractivity contribution in [3.8, 4) is 0 Å². The molecule has 1 saturated heterocycles. The molecule has 1 fully saturated rings. The number of Topliss-reactive ketones (excluding diaryl/α,β-unsaturated/α-hetero) is 1. The Morgan fingerprint density at radius 2 is 1.76 bits per heavy atom. The Bertz CT molecular complexity index is 750. The first kappa shape index (κ1) is 30.1. The molecular weight excluding hydrogens is 456 g/mol. The van der Waals surface area contributed by atoms with Crippen LogP contribution in [0.15, 0.2) is 0 Å². The molecule has 9 nitrogen and oxygen atoms in total. The Kier molecular flexibility index (Phi) is 12.2. The van der Waals surface area contributed by atoms with Crippen molar-refractivity contribution in [1.82, 2.24) is 20.0 Å². The first-order valence-electron chi connectivity index (χ1n) is 11.9. The first-order chi connectivity index (χ1) is 15.8. The second kappa shape index (κ2) is 13.8. The molecule has 1 rings (SSSR count). The number of rotatable bonds is 14. The van der Waals surface area contributed by atoms with Gasteiger partial charge in [-0.3, -0.25) is 28.9 Å². The van der Waals surface area contributed by atoms with Crippen molar-refractivity contribution in [2.24, 2.45) is 5.41 Å². The summed E-state index contributed by atoms with van der Waals surface area (Å²) < 4.78 is 0. The number of nitrogens with one attached hydrogen (secondary N) is 1. The normalized spacial score (nSPS) is 17.3. The van der Waals surface area contributed by atoms with E-state index in [0.29, 0.717) is 19.5 Å². The Balaban J connectivity index is 2.52. The van der Waals surface area contributed by atoms with Crippen LogP contribution in [0.4, 0.5) is 0 Å². The topological polar surface area (TPSA) is 107 Å². The molecule has 1 aliphatic heterocycles. The average Bonchev–Trinajstić information content (AvgIpc) is 2.99. The second-order valence-electron chi connectivity index (χ2n) is 10.2. The summed E-state index contributed by atoms with van der Waals surface area (Å²) >= 11 is 1.49. The number of likely N-dealkylation sites (tertiary alicyclic amines) is 1. The monoisotopic (exact) mass is 498 g/mol. The summed E-state index contributed by atoms with van der Waals surface area (Å²) in [5.41, 5.74) is -0.593. The summed E-state index contributed by atoms with van der Waals surface area (Å²) in [6.07, 6.45) is 2.82. The van der Waals surface area contributed by atoms with Crippen LogP contribution in [0.3, 0.4) is 0 Å². The van der Waals surface area contributed by atoms with Gasteiger partial charge in [-0.1, -0.05) is 27.2 Å². The number of ketones is 1. The van der Waals surface area contributed by atoms with E-state index in [1.165, 1.54) is 28.6 Å². The Hall–Kier alpha value is -1.94. The molecule has 0 spiro atoms. The van der Waals surface area contributed by atoms with E-state index in [2.05, 4.69) is 5.32 Å². The zero-order valence-corrected chi connectivity index (χ0v) is 22.6. The summed E-state index contributed by atoms with van der Waals surface area (Å²) in [7, 11) is 6.91. The van der Waals surface area contributed by atoms with Gasteiger partial charge in [-0.25, -0.2) is 0 Å². The lowest BCUT2D eigenvalue weighted by atomic mass is 9.86. The van der Waals surface area contributed by atoms with E-state index in [1.54, 1.807) is 7.05 Å². The minimum atomic E-state index is -0.833. The van der Waals surface area contributed by atoms with Crippen molar-refractivity contribution in [2.45, 2.75) is 70.6 Å². The number of hydrogen-bond donors (Lipinski definition) is 1. The lowest BCUT2D eigenvalue weighted by Crippen LogP contribution is -2.50. The molecule has 0 bridgehead atoms. The van der Waals surface area contributed by atoms with Crippen LogP contribution in [0, 0.1) is 5.41 Å². The van der Waals surface area contributed by atoms with Crippen molar-refractivity contribution >= 4 is 41.2 Å². The van der Waals surface area contributed by atoms with Crippen LogP contribution in [0.25, 0.3) is 0 Å². The third-order valence-corrected chi connectivity index (χ3v) is 7.23. The van der Waals surface area contributed by atoms with Crippen molar-refractivity contribution in [1.29, 1.82) is 0 Å². The number of unbranched alkanes of at least 4 members (excludes halogenated alkanes) is 2. The number of carbonyl (C=O) groups is 5. The van der Waals surface area contributed by atoms with Crippen LogP contribution in [-0.2, 0) is 24.0 Å². The summed E-state index contributed by atoms with van der Waals surface area (Å²) in [5, 5.41) is 2.55. The molecular formula is C24H42N4O5S. The fourth-order valence-corrected chi connectivity index (χ4v) is 4.61. The molecule has 0 aromatic carbocycles. The SMILES string of the molecule is CN(C)CCNC(=O)C(CC(=O)C(C)(C)C)N(C)C(=O)CCCCCSC1CC(=O)N(C)C1=O. The number of thioether (sulfide) groups is 1. The molecule has 4 amide bonds. The molecule has 1 heterocycles. The van der Waals surface area contributed by atoms with Crippen LogP contribution in [0.5, 0.6) is 0 Å². The highest BCUT2D eigenvalue weighted by Gasteiger charge is 2.36. The fraction of sp³-hybridized carbons (Fsp3) is 0.792. The van der Waals surface area contributed by atoms with Crippen LogP contribution in [-0.4, -0.2) is 102 Å². The molecule has 0 saturated carbocycles. The third-order valence-electron chi connectivity index (χ3n) is 5.93. The maximum absolute atomic E-state index is 12.8. The van der Waals surface area contributed by atoms with E-state index in [0.717, 1.165) is 18.6 Å². The van der Waals surface area contributed by atoms with Gasteiger partial charge in [0.2, 0.25) is 23.6 Å². The van der Waals surface area contributed by atoms with Gasteiger partial charge in [0.15, 0.2) is 0 Å². The van der Waals surface area contributed by atoms with Gasteiger partial charge in [-0.2, -0.15) is 0 Å². The quantitative estimate of drug-likeness (QED) is 0.286. The van der Waals surface area contributed by atoms with E-state index in [-0.39, 0.29) is 53.9 Å². The van der Waals surface area contributed by atoms with E-state index < -0.39 is 11.5 Å². The van der Waals surface area contributed by atoms with E-state index in [4.69, 9.17) is 0 Å². The predicted molar refractivity (Wildman–Crippen MR) is 134 cm³/mol. The molecule has 0 radical (unpaired) electrons. The van der Waals surface area contributed by atoms with Gasteiger partial charge in [0.25, 0.3) is 0 Å². The molecule has 34 heavy (non-hydrogen) atoms. The first-order valence-corrected chi connectivity index (χ1v) is 12.9. The molecule has 2 atom stereocenters. The lowest BCUT2D eigenvalue weighted by Gasteiger charge is -2.29. The number of carbonyl (C=O) groups excluding carboxylic acids is 5. The smallest absolute Gasteiger partial charge is 0.243 e. The predicted octanol–water partition coefficient (Wildman–Crippen LogP) is 1.55. The van der Waals surface area contributed by atoms with E-state index in [9.17, 15) is 24.0 Å². The van der Waals surface area contributed by atoms with Crippen LogP contribution in [0.1, 0.15) is 59.3 Å². The molecule has 194 valence electrons.